The summed E-state index contributed by atoms with van der Waals surface area (Å²) in [5.41, 5.74) is 0. The molecule has 0 saturated heterocycles. The molecule has 2 atom stereocenters. The van der Waals surface area contributed by atoms with Gasteiger partial charge >= 0.3 is 0 Å². The molecule has 1 rings (SSSR count). The van der Waals surface area contributed by atoms with Crippen LogP contribution in [0.15, 0.2) is 12.2 Å². The molecule has 0 fully saturated rings. The summed E-state index contributed by atoms with van der Waals surface area (Å²) in [6.45, 7) is 0. The molecule has 0 radical (unpaired) electrons. The van der Waals surface area contributed by atoms with E-state index in [9.17, 15) is 0 Å². The lowest BCUT2D eigenvalue weighted by Crippen LogP contribution is -1.97. The lowest BCUT2D eigenvalue weighted by molar-refractivity contribution is 0.223. The molecular formula is C5H9BO. The summed E-state index contributed by atoms with van der Waals surface area (Å²) in [5.74, 6) is 0.593. The van der Waals surface area contributed by atoms with Crippen LogP contribution in [-0.4, -0.2) is 19.1 Å². The van der Waals surface area contributed by atoms with Crippen molar-refractivity contribution in [3.8, 4) is 0 Å². The van der Waals surface area contributed by atoms with Crippen molar-refractivity contribution < 1.29 is 5.11 Å². The van der Waals surface area contributed by atoms with E-state index in [2.05, 4.69) is 7.85 Å². The van der Waals surface area contributed by atoms with Crippen molar-refractivity contribution in [3.63, 3.8) is 0 Å². The molecule has 0 aromatic heterocycles. The number of hydrogen-bond acceptors (Lipinski definition) is 1. The Morgan fingerprint density at radius 1 is 1.57 bits per heavy atom. The summed E-state index contributed by atoms with van der Waals surface area (Å²) < 4.78 is 0. The van der Waals surface area contributed by atoms with Crippen LogP contribution in [0.4, 0.5) is 0 Å². The molecule has 0 amide bonds. The van der Waals surface area contributed by atoms with E-state index >= 15 is 0 Å². The molecule has 2 unspecified atom stereocenters. The van der Waals surface area contributed by atoms with Crippen LogP contribution < -0.4 is 0 Å². The van der Waals surface area contributed by atoms with Crippen molar-refractivity contribution in [2.75, 3.05) is 0 Å². The number of allylic oxidation sites excluding steroid dienone is 1. The predicted octanol–water partition coefficient (Wildman–Crippen LogP) is -0.271. The normalized spacial score (nSPS) is 39.6. The maximum absolute atomic E-state index is 8.81. The van der Waals surface area contributed by atoms with Crippen LogP contribution in [0.2, 0.25) is 5.82 Å². The first-order valence-corrected chi connectivity index (χ1v) is 2.65. The zero-order valence-corrected chi connectivity index (χ0v) is 4.46. The van der Waals surface area contributed by atoms with E-state index in [1.54, 1.807) is 0 Å². The topological polar surface area (TPSA) is 20.2 Å². The fourth-order valence-corrected chi connectivity index (χ4v) is 0.856. The van der Waals surface area contributed by atoms with Gasteiger partial charge in [0.15, 0.2) is 0 Å². The smallest absolute Gasteiger partial charge is 0.110 e. The first-order chi connectivity index (χ1) is 3.29. The third kappa shape index (κ3) is 1.06. The van der Waals surface area contributed by atoms with Crippen molar-refractivity contribution in [1.29, 1.82) is 0 Å². The first kappa shape index (κ1) is 4.91. The summed E-state index contributed by atoms with van der Waals surface area (Å²) in [7, 11) is 2.10. The highest BCUT2D eigenvalue weighted by atomic mass is 16.3. The Labute approximate surface area is 44.4 Å². The highest BCUT2D eigenvalue weighted by molar-refractivity contribution is 6.13. The van der Waals surface area contributed by atoms with Gasteiger partial charge in [-0.2, -0.15) is 0 Å². The average Bonchev–Trinajstić information content (AvgIpc) is 1.87. The summed E-state index contributed by atoms with van der Waals surface area (Å²) >= 11 is 0. The Kier molecular flexibility index (Phi) is 1.20. The van der Waals surface area contributed by atoms with Gasteiger partial charge in [-0.15, -0.1) is 0 Å². The first-order valence-electron chi connectivity index (χ1n) is 2.65. The molecule has 7 heavy (non-hydrogen) atoms. The zero-order valence-electron chi connectivity index (χ0n) is 4.46. The fraction of sp³-hybridized carbons (Fsp3) is 0.600. The second-order valence-corrected chi connectivity index (χ2v) is 2.17. The molecule has 0 spiro atoms. The molecule has 1 N–H and O–H groups in total. The van der Waals surface area contributed by atoms with Gasteiger partial charge in [-0.25, -0.2) is 0 Å². The molecule has 38 valence electrons. The molecule has 0 aromatic rings. The highest BCUT2D eigenvalue weighted by Gasteiger charge is 2.10. The van der Waals surface area contributed by atoms with Crippen LogP contribution in [0.1, 0.15) is 6.42 Å². The van der Waals surface area contributed by atoms with Crippen LogP contribution in [0.25, 0.3) is 0 Å². The second kappa shape index (κ2) is 1.70. The SMILES string of the molecule is BC1C=CC(O)C1. The van der Waals surface area contributed by atoms with Crippen LogP contribution in [0.5, 0.6) is 0 Å². The van der Waals surface area contributed by atoms with Gasteiger partial charge < -0.3 is 5.11 Å². The van der Waals surface area contributed by atoms with Crippen LogP contribution >= 0.6 is 0 Å². The summed E-state index contributed by atoms with van der Waals surface area (Å²) in [6.07, 6.45) is 4.66. The Bertz CT molecular complexity index is 80.1. The number of aliphatic hydroxyl groups excluding tert-OH is 1. The van der Waals surface area contributed by atoms with Crippen molar-refractivity contribution in [1.82, 2.24) is 0 Å². The minimum Gasteiger partial charge on any atom is -0.389 e. The summed E-state index contributed by atoms with van der Waals surface area (Å²) in [5, 5.41) is 8.81. The highest BCUT2D eigenvalue weighted by Crippen LogP contribution is 2.18. The average molecular weight is 95.9 g/mol. The molecular weight excluding hydrogens is 86.9 g/mol. The molecule has 1 nitrogen and oxygen atoms in total. The Balaban J connectivity index is 2.42. The van der Waals surface area contributed by atoms with Crippen molar-refractivity contribution in [2.45, 2.75) is 18.3 Å². The number of aliphatic hydroxyl groups is 1. The number of rotatable bonds is 0. The quantitative estimate of drug-likeness (QED) is 0.325. The third-order valence-electron chi connectivity index (χ3n) is 1.28. The molecule has 1 aliphatic carbocycles. The van der Waals surface area contributed by atoms with E-state index in [4.69, 9.17) is 5.11 Å². The van der Waals surface area contributed by atoms with Gasteiger partial charge in [-0.1, -0.05) is 12.2 Å². The van der Waals surface area contributed by atoms with Crippen molar-refractivity contribution in [2.24, 2.45) is 0 Å². The fourth-order valence-electron chi connectivity index (χ4n) is 0.856. The molecule has 0 aliphatic heterocycles. The minimum atomic E-state index is -0.157. The minimum absolute atomic E-state index is 0.157. The molecule has 0 heterocycles. The Morgan fingerprint density at radius 2 is 2.29 bits per heavy atom. The van der Waals surface area contributed by atoms with E-state index < -0.39 is 0 Å². The second-order valence-electron chi connectivity index (χ2n) is 2.17. The molecule has 2 heteroatoms. The molecule has 0 bridgehead atoms. The summed E-state index contributed by atoms with van der Waals surface area (Å²) in [4.78, 5) is 0. The summed E-state index contributed by atoms with van der Waals surface area (Å²) in [6, 6.07) is 0. The maximum Gasteiger partial charge on any atom is 0.110 e. The third-order valence-corrected chi connectivity index (χ3v) is 1.28. The van der Waals surface area contributed by atoms with Gasteiger partial charge in [-0.05, 0) is 12.2 Å². The van der Waals surface area contributed by atoms with Crippen LogP contribution in [-0.2, 0) is 0 Å². The van der Waals surface area contributed by atoms with E-state index in [1.165, 1.54) is 0 Å². The Morgan fingerprint density at radius 3 is 2.43 bits per heavy atom. The predicted molar refractivity (Wildman–Crippen MR) is 32.1 cm³/mol. The monoisotopic (exact) mass is 96.1 g/mol. The van der Waals surface area contributed by atoms with Crippen molar-refractivity contribution in [3.05, 3.63) is 12.2 Å². The van der Waals surface area contributed by atoms with E-state index in [0.717, 1.165) is 6.42 Å². The molecule has 0 saturated carbocycles. The van der Waals surface area contributed by atoms with E-state index in [1.807, 2.05) is 12.2 Å². The lowest BCUT2D eigenvalue weighted by atomic mass is 9.87. The van der Waals surface area contributed by atoms with Crippen LogP contribution in [0, 0.1) is 0 Å². The van der Waals surface area contributed by atoms with E-state index in [-0.39, 0.29) is 6.10 Å². The lowest BCUT2D eigenvalue weighted by Gasteiger charge is -1.96. The molecule has 1 aliphatic rings. The Hall–Kier alpha value is -0.235. The maximum atomic E-state index is 8.81. The largest absolute Gasteiger partial charge is 0.389 e. The van der Waals surface area contributed by atoms with Gasteiger partial charge in [-0.3, -0.25) is 0 Å². The van der Waals surface area contributed by atoms with Crippen LogP contribution in [0.3, 0.4) is 0 Å². The van der Waals surface area contributed by atoms with Gasteiger partial charge in [0, 0.05) is 0 Å². The van der Waals surface area contributed by atoms with Gasteiger partial charge in [0.1, 0.15) is 7.85 Å². The van der Waals surface area contributed by atoms with Gasteiger partial charge in [0.25, 0.3) is 0 Å². The zero-order chi connectivity index (χ0) is 5.28. The van der Waals surface area contributed by atoms with Crippen molar-refractivity contribution >= 4 is 7.85 Å². The number of hydrogen-bond donors (Lipinski definition) is 1. The standard InChI is InChI=1S/C5H9BO/c6-4-1-2-5(7)3-4/h1-2,4-5,7H,3,6H2. The van der Waals surface area contributed by atoms with Gasteiger partial charge in [0.05, 0.1) is 6.10 Å². The van der Waals surface area contributed by atoms with E-state index in [0.29, 0.717) is 5.82 Å². The van der Waals surface area contributed by atoms with Gasteiger partial charge in [0.2, 0.25) is 0 Å². The molecule has 0 aromatic carbocycles.